The van der Waals surface area contributed by atoms with E-state index < -0.39 is 0 Å². The van der Waals surface area contributed by atoms with Crippen LogP contribution in [-0.4, -0.2) is 35.0 Å². The fourth-order valence-electron chi connectivity index (χ4n) is 4.33. The molecule has 8 heteroatoms. The number of fused-ring (bicyclic) bond motifs is 3. The standard InChI is InChI=1S/C23H23ClN4O3/c1-30-18-11-16-17(12-19(18)31-2)26-22(25-14-5-3-4-6-14)20-21(16)27-28(23(20)29)15-9-7-13(24)8-10-15/h7-12,14,27H,3-6H2,1-2H3,(H,25,26). The molecule has 31 heavy (non-hydrogen) atoms. The highest BCUT2D eigenvalue weighted by atomic mass is 35.5. The molecule has 1 saturated carbocycles. The van der Waals surface area contributed by atoms with Crippen LogP contribution in [0.5, 0.6) is 11.5 Å². The Hall–Kier alpha value is -3.19. The lowest BCUT2D eigenvalue weighted by molar-refractivity contribution is 0.356. The largest absolute Gasteiger partial charge is 0.493 e. The van der Waals surface area contributed by atoms with Gasteiger partial charge in [-0.3, -0.25) is 9.89 Å². The summed E-state index contributed by atoms with van der Waals surface area (Å²) in [4.78, 5) is 18.3. The number of ether oxygens (including phenoxy) is 2. The molecule has 2 heterocycles. The number of anilines is 1. The van der Waals surface area contributed by atoms with Crippen LogP contribution in [0, 0.1) is 0 Å². The first-order chi connectivity index (χ1) is 15.1. The zero-order chi connectivity index (χ0) is 21.5. The van der Waals surface area contributed by atoms with Gasteiger partial charge < -0.3 is 14.8 Å². The summed E-state index contributed by atoms with van der Waals surface area (Å²) in [5.74, 6) is 1.76. The van der Waals surface area contributed by atoms with E-state index in [1.54, 1.807) is 26.4 Å². The van der Waals surface area contributed by atoms with Crippen molar-refractivity contribution < 1.29 is 9.47 Å². The van der Waals surface area contributed by atoms with Gasteiger partial charge in [0.05, 0.1) is 30.9 Å². The summed E-state index contributed by atoms with van der Waals surface area (Å²) in [5, 5.41) is 8.73. The van der Waals surface area contributed by atoms with Crippen molar-refractivity contribution in [3.8, 4) is 17.2 Å². The van der Waals surface area contributed by atoms with Gasteiger partial charge in [0.2, 0.25) is 0 Å². The molecule has 0 spiro atoms. The summed E-state index contributed by atoms with van der Waals surface area (Å²) in [7, 11) is 3.19. The van der Waals surface area contributed by atoms with Crippen LogP contribution in [0.15, 0.2) is 41.2 Å². The van der Waals surface area contributed by atoms with E-state index in [0.717, 1.165) is 23.7 Å². The molecule has 0 bridgehead atoms. The highest BCUT2D eigenvalue weighted by molar-refractivity contribution is 6.30. The highest BCUT2D eigenvalue weighted by Gasteiger charge is 2.22. The minimum Gasteiger partial charge on any atom is -0.493 e. The van der Waals surface area contributed by atoms with Gasteiger partial charge in [-0.25, -0.2) is 9.67 Å². The maximum Gasteiger partial charge on any atom is 0.282 e. The Bertz CT molecular complexity index is 1320. The Kier molecular flexibility index (Phi) is 4.98. The number of aromatic amines is 1. The van der Waals surface area contributed by atoms with Crippen LogP contribution >= 0.6 is 11.6 Å². The summed E-state index contributed by atoms with van der Waals surface area (Å²) >= 11 is 6.03. The van der Waals surface area contributed by atoms with Crippen LogP contribution < -0.4 is 20.3 Å². The van der Waals surface area contributed by atoms with Crippen molar-refractivity contribution in [1.82, 2.24) is 14.8 Å². The number of pyridine rings is 1. The van der Waals surface area contributed by atoms with Crippen LogP contribution in [0.2, 0.25) is 5.02 Å². The van der Waals surface area contributed by atoms with Gasteiger partial charge in [-0.1, -0.05) is 24.4 Å². The molecule has 2 N–H and O–H groups in total. The maximum atomic E-state index is 13.5. The van der Waals surface area contributed by atoms with E-state index in [-0.39, 0.29) is 5.56 Å². The maximum absolute atomic E-state index is 13.5. The fourth-order valence-corrected chi connectivity index (χ4v) is 4.46. The first kappa shape index (κ1) is 19.8. The predicted octanol–water partition coefficient (Wildman–Crippen LogP) is 4.89. The van der Waals surface area contributed by atoms with Gasteiger partial charge in [0.15, 0.2) is 11.5 Å². The normalized spacial score (nSPS) is 14.4. The van der Waals surface area contributed by atoms with E-state index >= 15 is 0 Å². The molecule has 0 aliphatic heterocycles. The first-order valence-corrected chi connectivity index (χ1v) is 10.7. The monoisotopic (exact) mass is 438 g/mol. The number of hydrogen-bond acceptors (Lipinski definition) is 5. The topological polar surface area (TPSA) is 81.2 Å². The summed E-state index contributed by atoms with van der Waals surface area (Å²) in [6, 6.07) is 11.1. The number of benzene rings is 2. The summed E-state index contributed by atoms with van der Waals surface area (Å²) < 4.78 is 12.5. The zero-order valence-electron chi connectivity index (χ0n) is 17.4. The lowest BCUT2D eigenvalue weighted by atomic mass is 10.1. The fraction of sp³-hybridized carbons (Fsp3) is 0.304. The van der Waals surface area contributed by atoms with Crippen molar-refractivity contribution in [2.24, 2.45) is 0 Å². The van der Waals surface area contributed by atoms with Crippen molar-refractivity contribution in [3.05, 3.63) is 51.8 Å². The van der Waals surface area contributed by atoms with Gasteiger partial charge in [0, 0.05) is 22.5 Å². The van der Waals surface area contributed by atoms with Crippen molar-refractivity contribution in [2.75, 3.05) is 19.5 Å². The molecule has 1 fully saturated rings. The van der Waals surface area contributed by atoms with E-state index in [9.17, 15) is 4.79 Å². The lowest BCUT2D eigenvalue weighted by Gasteiger charge is -2.15. The minimum atomic E-state index is -0.165. The van der Waals surface area contributed by atoms with Gasteiger partial charge >= 0.3 is 0 Å². The van der Waals surface area contributed by atoms with Crippen LogP contribution in [0.25, 0.3) is 27.5 Å². The molecule has 5 rings (SSSR count). The van der Waals surface area contributed by atoms with E-state index in [4.69, 9.17) is 26.1 Å². The van der Waals surface area contributed by atoms with Crippen LogP contribution in [0.1, 0.15) is 25.7 Å². The average molecular weight is 439 g/mol. The number of rotatable bonds is 5. The van der Waals surface area contributed by atoms with Crippen LogP contribution in [-0.2, 0) is 0 Å². The molecule has 2 aromatic heterocycles. The van der Waals surface area contributed by atoms with Crippen LogP contribution in [0.3, 0.4) is 0 Å². The van der Waals surface area contributed by atoms with Crippen LogP contribution in [0.4, 0.5) is 5.82 Å². The molecule has 1 aliphatic rings. The summed E-state index contributed by atoms with van der Waals surface area (Å²) in [5.41, 5.74) is 1.95. The van der Waals surface area contributed by atoms with Crippen molar-refractivity contribution >= 4 is 39.2 Å². The number of H-pyrrole nitrogens is 1. The quantitative estimate of drug-likeness (QED) is 0.463. The Labute approximate surface area is 183 Å². The second kappa shape index (κ2) is 7.81. The van der Waals surface area contributed by atoms with E-state index in [1.807, 2.05) is 24.3 Å². The zero-order valence-corrected chi connectivity index (χ0v) is 18.1. The second-order valence-corrected chi connectivity index (χ2v) is 8.23. The number of nitrogens with one attached hydrogen (secondary N) is 2. The number of halogens is 1. The van der Waals surface area contributed by atoms with Gasteiger partial charge in [-0.2, -0.15) is 0 Å². The predicted molar refractivity (Wildman–Crippen MR) is 123 cm³/mol. The highest BCUT2D eigenvalue weighted by Crippen LogP contribution is 2.36. The Morgan fingerprint density at radius 3 is 2.45 bits per heavy atom. The second-order valence-electron chi connectivity index (χ2n) is 7.79. The van der Waals surface area contributed by atoms with Crippen molar-refractivity contribution in [1.29, 1.82) is 0 Å². The molecule has 0 saturated heterocycles. The Morgan fingerprint density at radius 2 is 1.77 bits per heavy atom. The molecule has 0 atom stereocenters. The molecule has 0 radical (unpaired) electrons. The minimum absolute atomic E-state index is 0.165. The molecule has 160 valence electrons. The van der Waals surface area contributed by atoms with E-state index in [1.165, 1.54) is 17.5 Å². The van der Waals surface area contributed by atoms with Gasteiger partial charge in [-0.05, 0) is 43.2 Å². The van der Waals surface area contributed by atoms with E-state index in [2.05, 4.69) is 10.4 Å². The Morgan fingerprint density at radius 1 is 1.10 bits per heavy atom. The number of nitrogens with zero attached hydrogens (tertiary/aromatic N) is 2. The molecule has 1 aliphatic carbocycles. The molecular formula is C23H23ClN4O3. The van der Waals surface area contributed by atoms with E-state index in [0.29, 0.717) is 45.0 Å². The lowest BCUT2D eigenvalue weighted by Crippen LogP contribution is -2.19. The first-order valence-electron chi connectivity index (χ1n) is 10.3. The molecule has 7 nitrogen and oxygen atoms in total. The Balaban J connectivity index is 1.80. The van der Waals surface area contributed by atoms with Crippen molar-refractivity contribution in [3.63, 3.8) is 0 Å². The molecule has 4 aromatic rings. The van der Waals surface area contributed by atoms with Crippen molar-refractivity contribution in [2.45, 2.75) is 31.7 Å². The molecule has 2 aromatic carbocycles. The molecular weight excluding hydrogens is 416 g/mol. The SMILES string of the molecule is COc1cc2nc(NC3CCCC3)c3c(=O)n(-c4ccc(Cl)cc4)[nH]c3c2cc1OC. The van der Waals surface area contributed by atoms with Gasteiger partial charge in [-0.15, -0.1) is 0 Å². The molecule has 0 unspecified atom stereocenters. The van der Waals surface area contributed by atoms with Gasteiger partial charge in [0.25, 0.3) is 5.56 Å². The molecule has 0 amide bonds. The third kappa shape index (κ3) is 3.39. The van der Waals surface area contributed by atoms with Gasteiger partial charge in [0.1, 0.15) is 11.2 Å². The smallest absolute Gasteiger partial charge is 0.282 e. The summed E-state index contributed by atoms with van der Waals surface area (Å²) in [6.45, 7) is 0. The third-order valence-electron chi connectivity index (χ3n) is 5.91. The number of hydrogen-bond donors (Lipinski definition) is 2. The number of aromatic nitrogens is 3. The number of methoxy groups -OCH3 is 2. The average Bonchev–Trinajstić information content (AvgIpc) is 3.41. The third-order valence-corrected chi connectivity index (χ3v) is 6.16. The summed E-state index contributed by atoms with van der Waals surface area (Å²) in [6.07, 6.45) is 4.51.